The first-order valence-electron chi connectivity index (χ1n) is 17.1. The minimum atomic E-state index is -1.67. The molecule has 5 rings (SSSR count). The standard InChI is InChI=1S/C34H49N5O13/c35-22-25(41)21(14-40)50-32(27(22)43)52-30-24(37)26(42)23(36)29(28(30)44)51-31-20(39-34(46)48-16-18-9-5-2-6-10-18)12-11-19(49-31)13-38-33(45)47-15-17-7-3-1-4-8-17/h1-10,19-32,40-44H,11-16,35-37H2,(H,38,45)(H,39,46)/t19?,20?,21?,22-,23-,24+,25-,26?,27?,28?,29?,30+,31-,32-/m0/s1. The predicted octanol–water partition coefficient (Wildman–Crippen LogP) is -2.36. The van der Waals surface area contributed by atoms with E-state index in [0.717, 1.165) is 11.1 Å². The molecular formula is C34H49N5O13. The average molecular weight is 736 g/mol. The molecule has 52 heavy (non-hydrogen) atoms. The van der Waals surface area contributed by atoms with E-state index in [1.54, 1.807) is 24.3 Å². The number of carbonyl (C=O) groups is 2. The van der Waals surface area contributed by atoms with Gasteiger partial charge in [-0.1, -0.05) is 60.7 Å². The maximum atomic E-state index is 12.9. The molecular weight excluding hydrogens is 686 g/mol. The summed E-state index contributed by atoms with van der Waals surface area (Å²) in [5.74, 6) is 0. The van der Waals surface area contributed by atoms with Crippen molar-refractivity contribution in [1.29, 1.82) is 0 Å². The van der Waals surface area contributed by atoms with Crippen LogP contribution in [0.2, 0.25) is 0 Å². The van der Waals surface area contributed by atoms with Gasteiger partial charge in [-0.2, -0.15) is 0 Å². The monoisotopic (exact) mass is 735 g/mol. The zero-order valence-corrected chi connectivity index (χ0v) is 28.3. The second kappa shape index (κ2) is 18.5. The van der Waals surface area contributed by atoms with E-state index in [2.05, 4.69) is 10.6 Å². The minimum Gasteiger partial charge on any atom is -0.445 e. The van der Waals surface area contributed by atoms with Crippen molar-refractivity contribution in [3.63, 3.8) is 0 Å². The second-order valence-corrected chi connectivity index (χ2v) is 13.1. The topological polar surface area (TPSA) is 293 Å². The molecule has 0 spiro atoms. The van der Waals surface area contributed by atoms with Crippen LogP contribution in [-0.2, 0) is 41.6 Å². The Morgan fingerprint density at radius 2 is 1.25 bits per heavy atom. The van der Waals surface area contributed by atoms with Gasteiger partial charge < -0.3 is 81.8 Å². The van der Waals surface area contributed by atoms with Crippen LogP contribution in [0.5, 0.6) is 0 Å². The zero-order valence-electron chi connectivity index (χ0n) is 28.3. The number of alkyl carbamates (subject to hydrolysis) is 2. The van der Waals surface area contributed by atoms with Gasteiger partial charge in [-0.15, -0.1) is 0 Å². The van der Waals surface area contributed by atoms with E-state index in [9.17, 15) is 35.1 Å². The highest BCUT2D eigenvalue weighted by atomic mass is 16.7. The van der Waals surface area contributed by atoms with Gasteiger partial charge in [0.25, 0.3) is 0 Å². The van der Waals surface area contributed by atoms with Gasteiger partial charge >= 0.3 is 12.2 Å². The van der Waals surface area contributed by atoms with E-state index in [0.29, 0.717) is 6.42 Å². The number of rotatable bonds is 12. The average Bonchev–Trinajstić information content (AvgIpc) is 3.16. The molecule has 2 heterocycles. The SMILES string of the molecule is N[C@@H]1C(O[C@@H]2OC(CNC(=O)OCc3ccccc3)CCC2NC(=O)OCc2ccccc2)C(O)[C@H](O[C@@H]2OC(CO)[C@H](O)[C@H](N)C2O)[C@H](N)C1O. The minimum absolute atomic E-state index is 0.00615. The van der Waals surface area contributed by atoms with Crippen molar-refractivity contribution in [1.82, 2.24) is 10.6 Å². The Hall–Kier alpha value is -3.50. The molecule has 2 aliphatic heterocycles. The number of ether oxygens (including phenoxy) is 6. The van der Waals surface area contributed by atoms with Crippen LogP contribution in [0.1, 0.15) is 24.0 Å². The molecule has 0 bridgehead atoms. The summed E-state index contributed by atoms with van der Waals surface area (Å²) >= 11 is 0. The Morgan fingerprint density at radius 1 is 0.692 bits per heavy atom. The third-order valence-corrected chi connectivity index (χ3v) is 9.40. The van der Waals surface area contributed by atoms with Crippen molar-refractivity contribution < 1.29 is 63.5 Å². The normalized spacial score (nSPS) is 36.4. The molecule has 14 atom stereocenters. The van der Waals surface area contributed by atoms with Crippen molar-refractivity contribution in [2.75, 3.05) is 13.2 Å². The maximum Gasteiger partial charge on any atom is 0.407 e. The Balaban J connectivity index is 1.27. The van der Waals surface area contributed by atoms with E-state index in [1.807, 2.05) is 36.4 Å². The number of aliphatic hydroxyl groups excluding tert-OH is 5. The number of nitrogens with two attached hydrogens (primary N) is 3. The summed E-state index contributed by atoms with van der Waals surface area (Å²) in [5.41, 5.74) is 20.0. The molecule has 1 saturated carbocycles. The molecule has 3 fully saturated rings. The van der Waals surface area contributed by atoms with E-state index >= 15 is 0 Å². The summed E-state index contributed by atoms with van der Waals surface area (Å²) in [4.78, 5) is 25.3. The van der Waals surface area contributed by atoms with Crippen molar-refractivity contribution >= 4 is 12.2 Å². The molecule has 288 valence electrons. The Morgan fingerprint density at radius 3 is 1.83 bits per heavy atom. The first kappa shape index (κ1) is 39.7. The summed E-state index contributed by atoms with van der Waals surface area (Å²) < 4.78 is 34.4. The van der Waals surface area contributed by atoms with Crippen LogP contribution >= 0.6 is 0 Å². The lowest BCUT2D eigenvalue weighted by atomic mass is 9.82. The Labute approximate surface area is 300 Å². The van der Waals surface area contributed by atoms with Crippen LogP contribution in [0.3, 0.4) is 0 Å². The van der Waals surface area contributed by atoms with E-state index in [1.165, 1.54) is 0 Å². The Kier molecular flexibility index (Phi) is 14.1. The number of hydrogen-bond donors (Lipinski definition) is 10. The van der Waals surface area contributed by atoms with Crippen molar-refractivity contribution in [2.45, 2.75) is 112 Å². The van der Waals surface area contributed by atoms with E-state index in [4.69, 9.17) is 45.6 Å². The molecule has 3 aliphatic rings. The van der Waals surface area contributed by atoms with Gasteiger partial charge in [-0.05, 0) is 24.0 Å². The van der Waals surface area contributed by atoms with Crippen LogP contribution in [0, 0.1) is 0 Å². The van der Waals surface area contributed by atoms with Gasteiger partial charge in [-0.3, -0.25) is 0 Å². The molecule has 13 N–H and O–H groups in total. The number of aliphatic hydroxyl groups is 5. The first-order chi connectivity index (χ1) is 25.0. The molecule has 2 aromatic carbocycles. The molecule has 2 aromatic rings. The lowest BCUT2D eigenvalue weighted by Gasteiger charge is -2.49. The van der Waals surface area contributed by atoms with Gasteiger partial charge in [0, 0.05) is 6.54 Å². The second-order valence-electron chi connectivity index (χ2n) is 13.1. The number of benzene rings is 2. The summed E-state index contributed by atoms with van der Waals surface area (Å²) in [6.07, 6.45) is -14.6. The lowest BCUT2D eigenvalue weighted by molar-refractivity contribution is -0.318. The van der Waals surface area contributed by atoms with Gasteiger partial charge in [0.1, 0.15) is 49.8 Å². The van der Waals surface area contributed by atoms with Crippen LogP contribution in [-0.4, -0.2) is 136 Å². The predicted molar refractivity (Wildman–Crippen MR) is 180 cm³/mol. The van der Waals surface area contributed by atoms with Gasteiger partial charge in [0.2, 0.25) is 0 Å². The molecule has 18 heteroatoms. The quantitative estimate of drug-likeness (QED) is 0.109. The van der Waals surface area contributed by atoms with Crippen molar-refractivity contribution in [3.8, 4) is 0 Å². The van der Waals surface area contributed by atoms with Crippen molar-refractivity contribution in [2.24, 2.45) is 17.2 Å². The largest absolute Gasteiger partial charge is 0.445 e. The third kappa shape index (κ3) is 9.92. The molecule has 2 amide bonds. The highest BCUT2D eigenvalue weighted by Crippen LogP contribution is 2.31. The van der Waals surface area contributed by atoms with Crippen LogP contribution in [0.25, 0.3) is 0 Å². The van der Waals surface area contributed by atoms with Crippen LogP contribution in [0.4, 0.5) is 9.59 Å². The number of carbonyl (C=O) groups excluding carboxylic acids is 2. The maximum absolute atomic E-state index is 12.9. The summed E-state index contributed by atoms with van der Waals surface area (Å²) in [6, 6.07) is 13.4. The first-order valence-corrected chi connectivity index (χ1v) is 17.1. The van der Waals surface area contributed by atoms with Gasteiger partial charge in [0.15, 0.2) is 12.6 Å². The molecule has 18 nitrogen and oxygen atoms in total. The summed E-state index contributed by atoms with van der Waals surface area (Å²) in [5, 5.41) is 58.4. The zero-order chi connectivity index (χ0) is 37.4. The smallest absolute Gasteiger partial charge is 0.407 e. The fourth-order valence-electron chi connectivity index (χ4n) is 6.33. The third-order valence-electron chi connectivity index (χ3n) is 9.40. The summed E-state index contributed by atoms with van der Waals surface area (Å²) in [7, 11) is 0. The number of hydrogen-bond acceptors (Lipinski definition) is 16. The van der Waals surface area contributed by atoms with Gasteiger partial charge in [0.05, 0.1) is 43.0 Å². The van der Waals surface area contributed by atoms with E-state index in [-0.39, 0.29) is 26.2 Å². The van der Waals surface area contributed by atoms with Crippen LogP contribution < -0.4 is 27.8 Å². The molecule has 0 radical (unpaired) electrons. The molecule has 7 unspecified atom stereocenters. The molecule has 1 aliphatic carbocycles. The van der Waals surface area contributed by atoms with Crippen molar-refractivity contribution in [3.05, 3.63) is 71.8 Å². The van der Waals surface area contributed by atoms with Gasteiger partial charge in [-0.25, -0.2) is 9.59 Å². The lowest BCUT2D eigenvalue weighted by Crippen LogP contribution is -2.72. The van der Waals surface area contributed by atoms with Crippen LogP contribution in [0.15, 0.2) is 60.7 Å². The molecule has 0 aromatic heterocycles. The summed E-state index contributed by atoms with van der Waals surface area (Å²) in [6.45, 7) is -0.595. The van der Waals surface area contributed by atoms with E-state index < -0.39 is 104 Å². The fourth-order valence-corrected chi connectivity index (χ4v) is 6.33. The fraction of sp³-hybridized carbons (Fsp3) is 0.588. The Bertz CT molecular complexity index is 1410. The highest BCUT2D eigenvalue weighted by Gasteiger charge is 2.53. The highest BCUT2D eigenvalue weighted by molar-refractivity contribution is 5.68. The number of nitrogens with one attached hydrogen (secondary N) is 2. The number of amides is 2. The molecule has 2 saturated heterocycles.